The molecule has 0 fully saturated rings. The monoisotopic (exact) mass is 462 g/mol. The highest BCUT2D eigenvalue weighted by Crippen LogP contribution is 2.39. The van der Waals surface area contributed by atoms with Crippen LogP contribution < -0.4 is 0 Å². The Labute approximate surface area is 207 Å². The second kappa shape index (κ2) is 9.32. The molecule has 0 N–H and O–H groups in total. The summed E-state index contributed by atoms with van der Waals surface area (Å²) in [7, 11) is 0. The van der Waals surface area contributed by atoms with Crippen LogP contribution in [-0.4, -0.2) is 19.9 Å². The van der Waals surface area contributed by atoms with Crippen molar-refractivity contribution in [1.29, 1.82) is 0 Å². The molecule has 2 aromatic rings. The van der Waals surface area contributed by atoms with Gasteiger partial charge in [-0.2, -0.15) is 0 Å². The van der Waals surface area contributed by atoms with E-state index in [4.69, 9.17) is 19.9 Å². The fraction of sp³-hybridized carbons (Fsp3) is 0.733. The minimum absolute atomic E-state index is 0.0120. The summed E-state index contributed by atoms with van der Waals surface area (Å²) < 4.78 is 0. The molecule has 0 saturated heterocycles. The fourth-order valence-electron chi connectivity index (χ4n) is 5.65. The predicted molar refractivity (Wildman–Crippen MR) is 141 cm³/mol. The van der Waals surface area contributed by atoms with Gasteiger partial charge in [0.25, 0.3) is 0 Å². The van der Waals surface area contributed by atoms with Crippen LogP contribution in [0.25, 0.3) is 0 Å². The number of aromatic nitrogens is 4. The average molecular weight is 463 g/mol. The van der Waals surface area contributed by atoms with Crippen LogP contribution in [0, 0.1) is 0 Å². The van der Waals surface area contributed by atoms with E-state index in [1.54, 1.807) is 0 Å². The van der Waals surface area contributed by atoms with Crippen molar-refractivity contribution in [2.45, 2.75) is 142 Å². The molecule has 0 bridgehead atoms. The standard InChI is InChI=1S/C30H46N4/c1-18(2)24-22-14-10-12-20(26(22)34-28(32-24)30(7,8)9)13-11-15-23-21-17-16-19(3)25(21)33-27(31-23)29(4,5)6/h18-20H,10-17H2,1-9H3. The van der Waals surface area contributed by atoms with Crippen molar-refractivity contribution in [3.8, 4) is 0 Å². The van der Waals surface area contributed by atoms with Gasteiger partial charge in [-0.3, -0.25) is 0 Å². The van der Waals surface area contributed by atoms with E-state index in [0.29, 0.717) is 17.8 Å². The molecule has 34 heavy (non-hydrogen) atoms. The molecule has 0 saturated carbocycles. The second-order valence-electron chi connectivity index (χ2n) is 13.2. The molecule has 0 aromatic carbocycles. The topological polar surface area (TPSA) is 51.6 Å². The number of hydrogen-bond acceptors (Lipinski definition) is 4. The first-order valence-electron chi connectivity index (χ1n) is 13.7. The van der Waals surface area contributed by atoms with E-state index < -0.39 is 0 Å². The zero-order chi connectivity index (χ0) is 24.8. The molecule has 2 aromatic heterocycles. The lowest BCUT2D eigenvalue weighted by Gasteiger charge is -2.30. The Hall–Kier alpha value is -1.84. The van der Waals surface area contributed by atoms with Crippen molar-refractivity contribution < 1.29 is 0 Å². The lowest BCUT2D eigenvalue weighted by Crippen LogP contribution is -2.24. The van der Waals surface area contributed by atoms with Gasteiger partial charge in [0, 0.05) is 22.4 Å². The van der Waals surface area contributed by atoms with E-state index in [-0.39, 0.29) is 10.8 Å². The minimum Gasteiger partial charge on any atom is -0.237 e. The molecule has 0 spiro atoms. The normalized spacial score (nSPS) is 20.5. The summed E-state index contributed by atoms with van der Waals surface area (Å²) >= 11 is 0. The van der Waals surface area contributed by atoms with Crippen molar-refractivity contribution >= 4 is 0 Å². The van der Waals surface area contributed by atoms with E-state index in [2.05, 4.69) is 62.3 Å². The van der Waals surface area contributed by atoms with Crippen molar-refractivity contribution in [2.24, 2.45) is 0 Å². The van der Waals surface area contributed by atoms with Crippen LogP contribution >= 0.6 is 0 Å². The summed E-state index contributed by atoms with van der Waals surface area (Å²) in [5.41, 5.74) is 8.14. The van der Waals surface area contributed by atoms with Gasteiger partial charge >= 0.3 is 0 Å². The van der Waals surface area contributed by atoms with Gasteiger partial charge in [0.05, 0.1) is 17.1 Å². The van der Waals surface area contributed by atoms with Crippen LogP contribution in [0.1, 0.15) is 158 Å². The molecular weight excluding hydrogens is 416 g/mol. The molecule has 2 heterocycles. The van der Waals surface area contributed by atoms with Gasteiger partial charge in [0.1, 0.15) is 11.6 Å². The van der Waals surface area contributed by atoms with E-state index in [1.807, 2.05) is 0 Å². The van der Waals surface area contributed by atoms with E-state index in [0.717, 1.165) is 37.3 Å². The summed E-state index contributed by atoms with van der Waals surface area (Å²) in [6.45, 7) is 20.3. The number of fused-ring (bicyclic) bond motifs is 2. The lowest BCUT2D eigenvalue weighted by molar-refractivity contribution is 0.463. The number of hydrogen-bond donors (Lipinski definition) is 0. The number of nitrogens with zero attached hydrogens (tertiary/aromatic N) is 4. The Kier molecular flexibility index (Phi) is 6.92. The maximum Gasteiger partial charge on any atom is 0.134 e. The number of rotatable bonds is 5. The zero-order valence-corrected chi connectivity index (χ0v) is 23.2. The molecule has 4 nitrogen and oxygen atoms in total. The molecule has 4 rings (SSSR count). The van der Waals surface area contributed by atoms with Crippen molar-refractivity contribution in [1.82, 2.24) is 19.9 Å². The Morgan fingerprint density at radius 3 is 2.09 bits per heavy atom. The van der Waals surface area contributed by atoms with Gasteiger partial charge in [-0.25, -0.2) is 19.9 Å². The lowest BCUT2D eigenvalue weighted by atomic mass is 9.80. The molecule has 0 amide bonds. The summed E-state index contributed by atoms with van der Waals surface area (Å²) in [6.07, 6.45) is 9.40. The summed E-state index contributed by atoms with van der Waals surface area (Å²) in [4.78, 5) is 20.4. The molecule has 186 valence electrons. The first kappa shape index (κ1) is 25.3. The first-order valence-corrected chi connectivity index (χ1v) is 13.7. The van der Waals surface area contributed by atoms with Crippen LogP contribution in [0.2, 0.25) is 0 Å². The molecular formula is C30H46N4. The zero-order valence-electron chi connectivity index (χ0n) is 23.2. The third kappa shape index (κ3) is 5.06. The van der Waals surface area contributed by atoms with Gasteiger partial charge in [-0.05, 0) is 74.3 Å². The molecule has 4 heteroatoms. The average Bonchev–Trinajstić information content (AvgIpc) is 3.12. The van der Waals surface area contributed by atoms with Gasteiger partial charge in [-0.1, -0.05) is 62.3 Å². The smallest absolute Gasteiger partial charge is 0.134 e. The molecule has 2 aliphatic rings. The summed E-state index contributed by atoms with van der Waals surface area (Å²) in [5, 5.41) is 0. The van der Waals surface area contributed by atoms with Crippen LogP contribution in [0.4, 0.5) is 0 Å². The highest BCUT2D eigenvalue weighted by Gasteiger charge is 2.31. The molecule has 2 aliphatic carbocycles. The Balaban J connectivity index is 1.59. The maximum atomic E-state index is 5.21. The third-order valence-corrected chi connectivity index (χ3v) is 7.71. The maximum absolute atomic E-state index is 5.21. The second-order valence-corrected chi connectivity index (χ2v) is 13.2. The van der Waals surface area contributed by atoms with Gasteiger partial charge in [0.15, 0.2) is 0 Å². The third-order valence-electron chi connectivity index (χ3n) is 7.71. The van der Waals surface area contributed by atoms with E-state index in [1.165, 1.54) is 59.6 Å². The van der Waals surface area contributed by atoms with Crippen molar-refractivity contribution in [3.63, 3.8) is 0 Å². The predicted octanol–water partition coefficient (Wildman–Crippen LogP) is 7.48. The SMILES string of the molecule is CC(C)c1nc(C(C)(C)C)nc2c1CCCC2CCCc1nc(C(C)(C)C)nc2c1CCC2C. The largest absolute Gasteiger partial charge is 0.237 e. The van der Waals surface area contributed by atoms with Crippen molar-refractivity contribution in [2.75, 3.05) is 0 Å². The highest BCUT2D eigenvalue weighted by atomic mass is 14.9. The Morgan fingerprint density at radius 2 is 1.44 bits per heavy atom. The molecule has 2 unspecified atom stereocenters. The number of aryl methyl sites for hydroxylation is 1. The van der Waals surface area contributed by atoms with E-state index >= 15 is 0 Å². The van der Waals surface area contributed by atoms with Gasteiger partial charge < -0.3 is 0 Å². The Morgan fingerprint density at radius 1 is 0.794 bits per heavy atom. The Bertz CT molecular complexity index is 1040. The minimum atomic E-state index is -0.0256. The van der Waals surface area contributed by atoms with Gasteiger partial charge in [0.2, 0.25) is 0 Å². The highest BCUT2D eigenvalue weighted by molar-refractivity contribution is 5.35. The van der Waals surface area contributed by atoms with Crippen LogP contribution in [0.5, 0.6) is 0 Å². The van der Waals surface area contributed by atoms with Crippen LogP contribution in [0.3, 0.4) is 0 Å². The summed E-state index contributed by atoms with van der Waals surface area (Å²) in [5.74, 6) is 3.57. The quantitative estimate of drug-likeness (QED) is 0.462. The summed E-state index contributed by atoms with van der Waals surface area (Å²) in [6, 6.07) is 0. The van der Waals surface area contributed by atoms with Crippen LogP contribution in [0.15, 0.2) is 0 Å². The van der Waals surface area contributed by atoms with Gasteiger partial charge in [-0.15, -0.1) is 0 Å². The first-order chi connectivity index (χ1) is 15.9. The van der Waals surface area contributed by atoms with Crippen LogP contribution in [-0.2, 0) is 30.1 Å². The molecule has 2 atom stereocenters. The molecule has 0 aliphatic heterocycles. The van der Waals surface area contributed by atoms with E-state index in [9.17, 15) is 0 Å². The van der Waals surface area contributed by atoms with Crippen molar-refractivity contribution in [3.05, 3.63) is 45.6 Å². The molecule has 0 radical (unpaired) electrons. The fourth-order valence-corrected chi connectivity index (χ4v) is 5.65.